The van der Waals surface area contributed by atoms with Crippen LogP contribution in [0.3, 0.4) is 0 Å². The van der Waals surface area contributed by atoms with Crippen LogP contribution in [0.2, 0.25) is 0 Å². The van der Waals surface area contributed by atoms with E-state index in [1.54, 1.807) is 43.5 Å². The molecule has 4 aromatic rings. The number of pyridine rings is 1. The molecule has 12 heteroatoms. The number of aliphatic carboxylic acids is 1. The summed E-state index contributed by atoms with van der Waals surface area (Å²) in [6.07, 6.45) is -3.32. The fraction of sp³-hybridized carbons (Fsp3) is 0.250. The summed E-state index contributed by atoms with van der Waals surface area (Å²) in [6, 6.07) is 13.5. The minimum Gasteiger partial charge on any atom is -0.484 e. The van der Waals surface area contributed by atoms with Gasteiger partial charge < -0.3 is 28.5 Å². The van der Waals surface area contributed by atoms with Crippen molar-refractivity contribution in [2.75, 3.05) is 6.61 Å². The molecule has 0 atom stereocenters. The second kappa shape index (κ2) is 12.0. The first-order valence-corrected chi connectivity index (χ1v) is 12.0. The lowest BCUT2D eigenvalue weighted by molar-refractivity contribution is -0.274. The Balaban J connectivity index is 1.59. The van der Waals surface area contributed by atoms with Crippen LogP contribution < -0.4 is 18.9 Å². The second-order valence-corrected chi connectivity index (χ2v) is 8.81. The molecule has 0 fully saturated rings. The maximum Gasteiger partial charge on any atom is 0.573 e. The molecule has 1 N–H and O–H groups in total. The number of oxazole rings is 1. The maximum absolute atomic E-state index is 12.6. The monoisotopic (exact) mass is 558 g/mol. The van der Waals surface area contributed by atoms with Crippen LogP contribution in [-0.4, -0.2) is 40.1 Å². The Morgan fingerprint density at radius 3 is 2.30 bits per heavy atom. The van der Waals surface area contributed by atoms with Gasteiger partial charge in [0.15, 0.2) is 19.0 Å². The zero-order valence-corrected chi connectivity index (χ0v) is 21.7. The topological polar surface area (TPSA) is 113 Å². The van der Waals surface area contributed by atoms with E-state index < -0.39 is 18.9 Å². The van der Waals surface area contributed by atoms with Crippen molar-refractivity contribution in [3.63, 3.8) is 0 Å². The van der Waals surface area contributed by atoms with Crippen molar-refractivity contribution in [1.82, 2.24) is 9.97 Å². The van der Waals surface area contributed by atoms with E-state index in [4.69, 9.17) is 23.7 Å². The minimum atomic E-state index is -4.81. The summed E-state index contributed by atoms with van der Waals surface area (Å²) < 4.78 is 64.4. The standard InChI is InChI=1S/C28H25F3N2O7/c1-16(2)38-23-11-6-19(13-32-23)26-27(18-4-7-20(8-5-18)40-28(29,30)31)39-24(33-26)14-36-21-9-10-22(17(3)12-21)37-15-25(34)35/h4-13,16H,14-15H2,1-3H3,(H,34,35). The molecule has 4 rings (SSSR count). The summed E-state index contributed by atoms with van der Waals surface area (Å²) in [5, 5.41) is 8.80. The summed E-state index contributed by atoms with van der Waals surface area (Å²) in [7, 11) is 0. The molecule has 0 spiro atoms. The zero-order valence-electron chi connectivity index (χ0n) is 21.7. The van der Waals surface area contributed by atoms with Gasteiger partial charge in [0.1, 0.15) is 22.9 Å². The minimum absolute atomic E-state index is 0.0661. The Bertz CT molecular complexity index is 1450. The molecule has 210 valence electrons. The second-order valence-electron chi connectivity index (χ2n) is 8.81. The van der Waals surface area contributed by atoms with Gasteiger partial charge in [-0.3, -0.25) is 0 Å². The van der Waals surface area contributed by atoms with Crippen LogP contribution in [0.4, 0.5) is 13.2 Å². The highest BCUT2D eigenvalue weighted by molar-refractivity contribution is 5.76. The lowest BCUT2D eigenvalue weighted by Gasteiger charge is -2.10. The van der Waals surface area contributed by atoms with Crippen LogP contribution in [0.25, 0.3) is 22.6 Å². The molecule has 0 unspecified atom stereocenters. The molecule has 2 heterocycles. The highest BCUT2D eigenvalue weighted by atomic mass is 19.4. The van der Waals surface area contributed by atoms with Gasteiger partial charge in [0.25, 0.3) is 0 Å². The molecule has 0 radical (unpaired) electrons. The van der Waals surface area contributed by atoms with Crippen molar-refractivity contribution in [2.45, 2.75) is 39.8 Å². The molecule has 9 nitrogen and oxygen atoms in total. The molecule has 2 aromatic heterocycles. The molecule has 0 saturated carbocycles. The number of nitrogens with zero attached hydrogens (tertiary/aromatic N) is 2. The average molecular weight is 559 g/mol. The van der Waals surface area contributed by atoms with Crippen LogP contribution in [0.15, 0.2) is 65.2 Å². The van der Waals surface area contributed by atoms with E-state index >= 15 is 0 Å². The van der Waals surface area contributed by atoms with Crippen molar-refractivity contribution in [2.24, 2.45) is 0 Å². The molecule has 0 aliphatic carbocycles. The maximum atomic E-state index is 12.6. The first-order chi connectivity index (χ1) is 19.0. The third kappa shape index (κ3) is 7.65. The van der Waals surface area contributed by atoms with Crippen LogP contribution in [0.1, 0.15) is 25.3 Å². The van der Waals surface area contributed by atoms with Crippen molar-refractivity contribution in [3.05, 3.63) is 72.2 Å². The summed E-state index contributed by atoms with van der Waals surface area (Å²) in [6.45, 7) is 4.96. The molecular weight excluding hydrogens is 533 g/mol. The largest absolute Gasteiger partial charge is 0.573 e. The van der Waals surface area contributed by atoms with Gasteiger partial charge >= 0.3 is 12.3 Å². The Morgan fingerprint density at radius 2 is 1.70 bits per heavy atom. The first-order valence-electron chi connectivity index (χ1n) is 12.0. The number of carboxylic acids is 1. The highest BCUT2D eigenvalue weighted by Gasteiger charge is 2.31. The average Bonchev–Trinajstić information content (AvgIpc) is 3.31. The van der Waals surface area contributed by atoms with Gasteiger partial charge in [0, 0.05) is 23.4 Å². The quantitative estimate of drug-likeness (QED) is 0.222. The number of aryl methyl sites for hydroxylation is 1. The number of halogens is 3. The fourth-order valence-corrected chi connectivity index (χ4v) is 3.62. The third-order valence-corrected chi connectivity index (χ3v) is 5.25. The molecule has 0 amide bonds. The van der Waals surface area contributed by atoms with E-state index in [0.29, 0.717) is 45.5 Å². The Labute approximate surface area is 227 Å². The smallest absolute Gasteiger partial charge is 0.484 e. The van der Waals surface area contributed by atoms with E-state index in [0.717, 1.165) is 0 Å². The van der Waals surface area contributed by atoms with Crippen LogP contribution in [-0.2, 0) is 11.4 Å². The number of alkyl halides is 3. The number of hydrogen-bond acceptors (Lipinski definition) is 8. The van der Waals surface area contributed by atoms with Crippen LogP contribution >= 0.6 is 0 Å². The Morgan fingerprint density at radius 1 is 1.00 bits per heavy atom. The fourth-order valence-electron chi connectivity index (χ4n) is 3.62. The summed E-state index contributed by atoms with van der Waals surface area (Å²) in [5.41, 5.74) is 2.12. The van der Waals surface area contributed by atoms with E-state index in [1.165, 1.54) is 24.3 Å². The first kappa shape index (κ1) is 28.3. The summed E-state index contributed by atoms with van der Waals surface area (Å²) in [4.78, 5) is 19.6. The molecule has 0 bridgehead atoms. The lowest BCUT2D eigenvalue weighted by atomic mass is 10.1. The summed E-state index contributed by atoms with van der Waals surface area (Å²) in [5.74, 6) is 0.334. The van der Waals surface area contributed by atoms with E-state index in [9.17, 15) is 18.0 Å². The van der Waals surface area contributed by atoms with Gasteiger partial charge in [-0.2, -0.15) is 0 Å². The lowest BCUT2D eigenvalue weighted by Crippen LogP contribution is -2.16. The molecule has 0 aliphatic rings. The van der Waals surface area contributed by atoms with Gasteiger partial charge in [0.2, 0.25) is 11.8 Å². The van der Waals surface area contributed by atoms with Crippen molar-refractivity contribution >= 4 is 5.97 Å². The van der Waals surface area contributed by atoms with Gasteiger partial charge in [-0.15, -0.1) is 13.2 Å². The number of hydrogen-bond donors (Lipinski definition) is 1. The zero-order chi connectivity index (χ0) is 28.9. The van der Waals surface area contributed by atoms with Gasteiger partial charge in [-0.1, -0.05) is 0 Å². The number of rotatable bonds is 11. The van der Waals surface area contributed by atoms with E-state index in [1.807, 2.05) is 13.8 Å². The van der Waals surface area contributed by atoms with Crippen LogP contribution in [0.5, 0.6) is 23.1 Å². The number of ether oxygens (including phenoxy) is 4. The van der Waals surface area contributed by atoms with Crippen molar-refractivity contribution in [3.8, 4) is 45.7 Å². The number of carboxylic acid groups (broad SMARTS) is 1. The van der Waals surface area contributed by atoms with Crippen molar-refractivity contribution in [1.29, 1.82) is 0 Å². The molecule has 0 aliphatic heterocycles. The Kier molecular flexibility index (Phi) is 8.46. The molecule has 2 aromatic carbocycles. The van der Waals surface area contributed by atoms with Gasteiger partial charge in [-0.05, 0) is 74.9 Å². The van der Waals surface area contributed by atoms with Gasteiger partial charge in [0.05, 0.1) is 6.10 Å². The summed E-state index contributed by atoms with van der Waals surface area (Å²) >= 11 is 0. The predicted molar refractivity (Wildman–Crippen MR) is 136 cm³/mol. The SMILES string of the molecule is Cc1cc(OCc2nc(-c3ccc(OC(C)C)nc3)c(-c3ccc(OC(F)(F)F)cc3)o2)ccc1OCC(=O)O. The molecule has 0 saturated heterocycles. The number of benzene rings is 2. The highest BCUT2D eigenvalue weighted by Crippen LogP contribution is 2.35. The van der Waals surface area contributed by atoms with Crippen LogP contribution in [0, 0.1) is 6.92 Å². The normalized spacial score (nSPS) is 11.4. The van der Waals surface area contributed by atoms with Gasteiger partial charge in [-0.25, -0.2) is 14.8 Å². The van der Waals surface area contributed by atoms with E-state index in [-0.39, 0.29) is 24.4 Å². The third-order valence-electron chi connectivity index (χ3n) is 5.25. The van der Waals surface area contributed by atoms with Crippen molar-refractivity contribution < 1.29 is 46.4 Å². The molecular formula is C28H25F3N2O7. The van der Waals surface area contributed by atoms with E-state index in [2.05, 4.69) is 14.7 Å². The Hall–Kier alpha value is -4.74. The predicted octanol–water partition coefficient (Wildman–Crippen LogP) is 6.44. The number of carbonyl (C=O) groups is 1. The number of aromatic nitrogens is 2. The molecule has 40 heavy (non-hydrogen) atoms.